The topological polar surface area (TPSA) is 111 Å². The van der Waals surface area contributed by atoms with Crippen LogP contribution in [0.3, 0.4) is 0 Å². The lowest BCUT2D eigenvalue weighted by Crippen LogP contribution is -2.37. The maximum absolute atomic E-state index is 11.8. The Bertz CT molecular complexity index is 596. The minimum Gasteiger partial charge on any atom is -0.444 e. The number of primary amides is 1. The number of carbonyl (C=O) groups is 3. The minimum absolute atomic E-state index is 0.206. The molecular formula is C14H18IN3O4. The lowest BCUT2D eigenvalue weighted by atomic mass is 10.1. The van der Waals surface area contributed by atoms with Crippen LogP contribution in [0.5, 0.6) is 0 Å². The minimum atomic E-state index is -0.694. The van der Waals surface area contributed by atoms with Crippen LogP contribution in [0.15, 0.2) is 18.2 Å². The Morgan fingerprint density at radius 1 is 1.27 bits per heavy atom. The average Bonchev–Trinajstić information content (AvgIpc) is 2.36. The molecule has 0 aromatic heterocycles. The summed E-state index contributed by atoms with van der Waals surface area (Å²) in [6.07, 6.45) is -0.694. The van der Waals surface area contributed by atoms with Crippen LogP contribution in [-0.2, 0) is 9.53 Å². The molecule has 0 bridgehead atoms. The fourth-order valence-electron chi connectivity index (χ4n) is 1.49. The molecular weight excluding hydrogens is 401 g/mol. The number of benzene rings is 1. The van der Waals surface area contributed by atoms with E-state index in [0.29, 0.717) is 5.69 Å². The van der Waals surface area contributed by atoms with Gasteiger partial charge in [-0.15, -0.1) is 0 Å². The molecule has 1 aromatic rings. The van der Waals surface area contributed by atoms with E-state index in [9.17, 15) is 14.4 Å². The van der Waals surface area contributed by atoms with Crippen LogP contribution in [0, 0.1) is 3.57 Å². The molecule has 7 nitrogen and oxygen atoms in total. The van der Waals surface area contributed by atoms with Gasteiger partial charge < -0.3 is 21.1 Å². The summed E-state index contributed by atoms with van der Waals surface area (Å²) in [5.74, 6) is -1.14. The highest BCUT2D eigenvalue weighted by Crippen LogP contribution is 2.18. The van der Waals surface area contributed by atoms with Crippen molar-refractivity contribution in [3.05, 3.63) is 27.3 Å². The summed E-state index contributed by atoms with van der Waals surface area (Å²) in [4.78, 5) is 34.6. The number of anilines is 1. The molecule has 1 aromatic carbocycles. The van der Waals surface area contributed by atoms with E-state index in [1.165, 1.54) is 0 Å². The zero-order valence-electron chi connectivity index (χ0n) is 12.5. The normalized spacial score (nSPS) is 10.7. The fourth-order valence-corrected chi connectivity index (χ4v) is 1.98. The summed E-state index contributed by atoms with van der Waals surface area (Å²) in [5, 5.41) is 4.85. The Balaban J connectivity index is 2.63. The smallest absolute Gasteiger partial charge is 0.408 e. The molecule has 0 aliphatic rings. The lowest BCUT2D eigenvalue weighted by Gasteiger charge is -2.19. The maximum Gasteiger partial charge on any atom is 0.408 e. The first kappa shape index (κ1) is 18.2. The van der Waals surface area contributed by atoms with Gasteiger partial charge in [-0.05, 0) is 61.6 Å². The predicted octanol–water partition coefficient (Wildman–Crippen LogP) is 1.85. The molecule has 120 valence electrons. The number of rotatable bonds is 4. The van der Waals surface area contributed by atoms with Crippen molar-refractivity contribution in [2.45, 2.75) is 26.4 Å². The highest BCUT2D eigenvalue weighted by molar-refractivity contribution is 14.1. The molecule has 0 aliphatic heterocycles. The first-order chi connectivity index (χ1) is 10.1. The summed E-state index contributed by atoms with van der Waals surface area (Å²) >= 11 is 2.03. The third-order valence-electron chi connectivity index (χ3n) is 2.31. The maximum atomic E-state index is 11.8. The predicted molar refractivity (Wildman–Crippen MR) is 90.5 cm³/mol. The molecule has 0 fully saturated rings. The van der Waals surface area contributed by atoms with Crippen molar-refractivity contribution in [1.29, 1.82) is 0 Å². The van der Waals surface area contributed by atoms with Gasteiger partial charge in [-0.1, -0.05) is 0 Å². The highest BCUT2D eigenvalue weighted by Gasteiger charge is 2.17. The Labute approximate surface area is 142 Å². The Morgan fingerprint density at radius 3 is 2.45 bits per heavy atom. The number of hydrogen-bond donors (Lipinski definition) is 3. The number of nitrogens with one attached hydrogen (secondary N) is 2. The van der Waals surface area contributed by atoms with Gasteiger partial charge in [0.2, 0.25) is 5.91 Å². The molecule has 0 radical (unpaired) electrons. The third-order valence-corrected chi connectivity index (χ3v) is 2.98. The average molecular weight is 419 g/mol. The molecule has 0 atom stereocenters. The van der Waals surface area contributed by atoms with Gasteiger partial charge in [0.15, 0.2) is 0 Å². The van der Waals surface area contributed by atoms with Gasteiger partial charge in [-0.25, -0.2) is 4.79 Å². The fraction of sp³-hybridized carbons (Fsp3) is 0.357. The molecule has 22 heavy (non-hydrogen) atoms. The number of nitrogens with two attached hydrogens (primary N) is 1. The van der Waals surface area contributed by atoms with E-state index >= 15 is 0 Å². The molecule has 3 amide bonds. The summed E-state index contributed by atoms with van der Waals surface area (Å²) in [7, 11) is 0. The molecule has 0 heterocycles. The summed E-state index contributed by atoms with van der Waals surface area (Å²) in [5.41, 5.74) is 5.13. The van der Waals surface area contributed by atoms with E-state index < -0.39 is 23.5 Å². The molecule has 0 saturated heterocycles. The van der Waals surface area contributed by atoms with E-state index in [1.807, 2.05) is 22.6 Å². The number of alkyl carbamates (subject to hydrolysis) is 1. The first-order valence-electron chi connectivity index (χ1n) is 6.44. The molecule has 0 spiro atoms. The Kier molecular flexibility index (Phi) is 6.15. The number of amides is 3. The van der Waals surface area contributed by atoms with Gasteiger partial charge in [0.1, 0.15) is 12.1 Å². The third kappa shape index (κ3) is 6.29. The van der Waals surface area contributed by atoms with E-state index in [4.69, 9.17) is 10.5 Å². The van der Waals surface area contributed by atoms with Crippen LogP contribution in [0.1, 0.15) is 31.1 Å². The summed E-state index contributed by atoms with van der Waals surface area (Å²) in [6.45, 7) is 4.88. The number of hydrogen-bond acceptors (Lipinski definition) is 4. The van der Waals surface area contributed by atoms with E-state index in [2.05, 4.69) is 10.6 Å². The van der Waals surface area contributed by atoms with Crippen LogP contribution < -0.4 is 16.4 Å². The summed E-state index contributed by atoms with van der Waals surface area (Å²) in [6, 6.07) is 4.87. The largest absolute Gasteiger partial charge is 0.444 e. The second-order valence-corrected chi connectivity index (χ2v) is 6.70. The van der Waals surface area contributed by atoms with Crippen molar-refractivity contribution in [2.75, 3.05) is 11.9 Å². The number of halogens is 1. The molecule has 4 N–H and O–H groups in total. The molecule has 8 heteroatoms. The zero-order chi connectivity index (χ0) is 16.9. The van der Waals surface area contributed by atoms with Crippen molar-refractivity contribution in [1.82, 2.24) is 5.32 Å². The lowest BCUT2D eigenvalue weighted by molar-refractivity contribution is -0.115. The molecule has 0 aliphatic carbocycles. The van der Waals surface area contributed by atoms with Gasteiger partial charge in [0.05, 0.1) is 11.3 Å². The Hall–Kier alpha value is -1.84. The summed E-state index contributed by atoms with van der Waals surface area (Å²) < 4.78 is 5.83. The van der Waals surface area contributed by atoms with Crippen molar-refractivity contribution in [2.24, 2.45) is 5.73 Å². The van der Waals surface area contributed by atoms with Crippen LogP contribution in [-0.4, -0.2) is 30.1 Å². The van der Waals surface area contributed by atoms with Crippen molar-refractivity contribution < 1.29 is 19.1 Å². The van der Waals surface area contributed by atoms with Gasteiger partial charge in [0.25, 0.3) is 5.91 Å². The quantitative estimate of drug-likeness (QED) is 0.647. The second kappa shape index (κ2) is 7.43. The van der Waals surface area contributed by atoms with Crippen LogP contribution in [0.4, 0.5) is 10.5 Å². The van der Waals surface area contributed by atoms with Crippen LogP contribution >= 0.6 is 22.6 Å². The van der Waals surface area contributed by atoms with E-state index in [-0.39, 0.29) is 12.1 Å². The van der Waals surface area contributed by atoms with Crippen LogP contribution in [0.2, 0.25) is 0 Å². The Morgan fingerprint density at radius 2 is 1.91 bits per heavy atom. The molecule has 0 unspecified atom stereocenters. The first-order valence-corrected chi connectivity index (χ1v) is 7.52. The van der Waals surface area contributed by atoms with Gasteiger partial charge in [-0.2, -0.15) is 0 Å². The molecule has 0 saturated carbocycles. The second-order valence-electron chi connectivity index (χ2n) is 5.46. The zero-order valence-corrected chi connectivity index (χ0v) is 14.7. The standard InChI is InChI=1S/C14H18IN3O4/c1-14(2,3)22-13(21)17-7-11(19)18-10-5-4-8(15)6-9(10)12(16)20/h4-6H,7H2,1-3H3,(H2,16,20)(H,17,21)(H,18,19). The van der Waals surface area contributed by atoms with E-state index in [1.54, 1.807) is 39.0 Å². The van der Waals surface area contributed by atoms with Crippen LogP contribution in [0.25, 0.3) is 0 Å². The van der Waals surface area contributed by atoms with Crippen molar-refractivity contribution in [3.63, 3.8) is 0 Å². The highest BCUT2D eigenvalue weighted by atomic mass is 127. The van der Waals surface area contributed by atoms with Crippen molar-refractivity contribution >= 4 is 46.2 Å². The van der Waals surface area contributed by atoms with Gasteiger partial charge in [0, 0.05) is 3.57 Å². The monoisotopic (exact) mass is 419 g/mol. The van der Waals surface area contributed by atoms with Gasteiger partial charge >= 0.3 is 6.09 Å². The van der Waals surface area contributed by atoms with E-state index in [0.717, 1.165) is 3.57 Å². The van der Waals surface area contributed by atoms with Gasteiger partial charge in [-0.3, -0.25) is 9.59 Å². The molecule has 1 rings (SSSR count). The number of ether oxygens (including phenoxy) is 1. The number of carbonyl (C=O) groups excluding carboxylic acids is 3. The van der Waals surface area contributed by atoms with Crippen molar-refractivity contribution in [3.8, 4) is 0 Å². The SMILES string of the molecule is CC(C)(C)OC(=O)NCC(=O)Nc1ccc(I)cc1C(N)=O.